The number of aliphatic carboxylic acids is 3. The summed E-state index contributed by atoms with van der Waals surface area (Å²) in [6.07, 6.45) is -0.494. The molecule has 2 amide bonds. The SMILES string of the molecule is O=C(O)C=CC(CCC(=O)O)(C(=O)O)N1C(=O)CCC1=O. The summed E-state index contributed by atoms with van der Waals surface area (Å²) in [6, 6.07) is 0. The number of carboxylic acids is 3. The average molecular weight is 299 g/mol. The summed E-state index contributed by atoms with van der Waals surface area (Å²) in [6.45, 7) is 0. The molecule has 1 unspecified atom stereocenters. The number of hydrogen-bond donors (Lipinski definition) is 3. The number of imide groups is 1. The van der Waals surface area contributed by atoms with Crippen molar-refractivity contribution in [2.24, 2.45) is 0 Å². The first-order valence-corrected chi connectivity index (χ1v) is 5.94. The molecular weight excluding hydrogens is 286 g/mol. The number of amides is 2. The molecule has 1 heterocycles. The Hall–Kier alpha value is -2.71. The van der Waals surface area contributed by atoms with E-state index in [1.165, 1.54) is 0 Å². The van der Waals surface area contributed by atoms with Crippen molar-refractivity contribution in [3.8, 4) is 0 Å². The molecule has 9 nitrogen and oxygen atoms in total. The van der Waals surface area contributed by atoms with Crippen molar-refractivity contribution in [1.82, 2.24) is 4.90 Å². The van der Waals surface area contributed by atoms with E-state index >= 15 is 0 Å². The van der Waals surface area contributed by atoms with Gasteiger partial charge in [0.05, 0.1) is 0 Å². The molecule has 0 aliphatic carbocycles. The quantitative estimate of drug-likeness (QED) is 0.419. The lowest BCUT2D eigenvalue weighted by Crippen LogP contribution is -2.56. The van der Waals surface area contributed by atoms with E-state index in [-0.39, 0.29) is 12.8 Å². The number of carbonyl (C=O) groups excluding carboxylic acids is 2. The topological polar surface area (TPSA) is 149 Å². The monoisotopic (exact) mass is 299 g/mol. The van der Waals surface area contributed by atoms with Gasteiger partial charge in [0, 0.05) is 25.3 Å². The van der Waals surface area contributed by atoms with Crippen molar-refractivity contribution in [2.45, 2.75) is 31.2 Å². The third-order valence-electron chi connectivity index (χ3n) is 3.04. The minimum Gasteiger partial charge on any atom is -0.481 e. The summed E-state index contributed by atoms with van der Waals surface area (Å²) >= 11 is 0. The zero-order chi connectivity index (χ0) is 16.2. The Balaban J connectivity index is 3.32. The van der Waals surface area contributed by atoms with Gasteiger partial charge in [-0.25, -0.2) is 9.59 Å². The van der Waals surface area contributed by atoms with Gasteiger partial charge in [0.25, 0.3) is 0 Å². The molecular formula is C12H13NO8. The molecule has 0 saturated carbocycles. The first-order valence-electron chi connectivity index (χ1n) is 5.94. The molecule has 114 valence electrons. The van der Waals surface area contributed by atoms with E-state index in [0.29, 0.717) is 17.1 Å². The minimum atomic E-state index is -2.30. The van der Waals surface area contributed by atoms with Gasteiger partial charge < -0.3 is 15.3 Å². The van der Waals surface area contributed by atoms with Gasteiger partial charge in [0.2, 0.25) is 11.8 Å². The Morgan fingerprint density at radius 2 is 1.62 bits per heavy atom. The van der Waals surface area contributed by atoms with Crippen molar-refractivity contribution in [2.75, 3.05) is 0 Å². The third-order valence-corrected chi connectivity index (χ3v) is 3.04. The van der Waals surface area contributed by atoms with Crippen LogP contribution in [0.5, 0.6) is 0 Å². The van der Waals surface area contributed by atoms with E-state index in [1.807, 2.05) is 0 Å². The second-order valence-electron chi connectivity index (χ2n) is 4.42. The molecule has 9 heteroatoms. The highest BCUT2D eigenvalue weighted by Gasteiger charge is 2.50. The van der Waals surface area contributed by atoms with Crippen LogP contribution in [0.2, 0.25) is 0 Å². The zero-order valence-corrected chi connectivity index (χ0v) is 10.8. The largest absolute Gasteiger partial charge is 0.481 e. The Morgan fingerprint density at radius 1 is 1.10 bits per heavy atom. The first-order chi connectivity index (χ1) is 9.70. The number of likely N-dealkylation sites (tertiary alicyclic amines) is 1. The van der Waals surface area contributed by atoms with Crippen molar-refractivity contribution < 1.29 is 39.3 Å². The van der Waals surface area contributed by atoms with Gasteiger partial charge in [0.1, 0.15) is 0 Å². The highest BCUT2D eigenvalue weighted by atomic mass is 16.4. The van der Waals surface area contributed by atoms with Crippen LogP contribution >= 0.6 is 0 Å². The lowest BCUT2D eigenvalue weighted by molar-refractivity contribution is -0.160. The molecule has 21 heavy (non-hydrogen) atoms. The maximum absolute atomic E-state index is 11.7. The molecule has 1 aliphatic rings. The van der Waals surface area contributed by atoms with Crippen molar-refractivity contribution in [1.29, 1.82) is 0 Å². The fourth-order valence-corrected chi connectivity index (χ4v) is 2.07. The molecule has 1 rings (SSSR count). The average Bonchev–Trinajstić information content (AvgIpc) is 2.70. The number of carboxylic acid groups (broad SMARTS) is 3. The number of hydrogen-bond acceptors (Lipinski definition) is 5. The Morgan fingerprint density at radius 3 is 2.00 bits per heavy atom. The molecule has 0 aromatic carbocycles. The fraction of sp³-hybridized carbons (Fsp3) is 0.417. The van der Waals surface area contributed by atoms with E-state index in [9.17, 15) is 29.1 Å². The highest BCUT2D eigenvalue weighted by Crippen LogP contribution is 2.30. The molecule has 0 aromatic heterocycles. The summed E-state index contributed by atoms with van der Waals surface area (Å²) in [5, 5.41) is 26.7. The molecule has 0 aromatic rings. The van der Waals surface area contributed by atoms with Gasteiger partial charge in [-0.05, 0) is 12.5 Å². The molecule has 0 spiro atoms. The van der Waals surface area contributed by atoms with Gasteiger partial charge in [-0.2, -0.15) is 0 Å². The minimum absolute atomic E-state index is 0.193. The van der Waals surface area contributed by atoms with Crippen LogP contribution < -0.4 is 0 Å². The lowest BCUT2D eigenvalue weighted by atomic mass is 9.90. The van der Waals surface area contributed by atoms with Crippen molar-refractivity contribution >= 4 is 29.7 Å². The Bertz CT molecular complexity index is 521. The highest BCUT2D eigenvalue weighted by molar-refractivity contribution is 6.07. The number of rotatable bonds is 7. The van der Waals surface area contributed by atoms with Crippen LogP contribution in [-0.2, 0) is 24.0 Å². The number of carbonyl (C=O) groups is 5. The van der Waals surface area contributed by atoms with Crippen LogP contribution in [-0.4, -0.2) is 55.5 Å². The van der Waals surface area contributed by atoms with Crippen LogP contribution in [0, 0.1) is 0 Å². The van der Waals surface area contributed by atoms with E-state index in [2.05, 4.69) is 0 Å². The number of nitrogens with zero attached hydrogens (tertiary/aromatic N) is 1. The van der Waals surface area contributed by atoms with E-state index in [0.717, 1.165) is 0 Å². The first kappa shape index (κ1) is 16.3. The molecule has 0 radical (unpaired) electrons. The van der Waals surface area contributed by atoms with Gasteiger partial charge in [-0.15, -0.1) is 0 Å². The summed E-state index contributed by atoms with van der Waals surface area (Å²) in [5.41, 5.74) is -2.30. The maximum Gasteiger partial charge on any atom is 0.334 e. The second kappa shape index (κ2) is 6.16. The maximum atomic E-state index is 11.7. The summed E-state index contributed by atoms with van der Waals surface area (Å²) < 4.78 is 0. The summed E-state index contributed by atoms with van der Waals surface area (Å²) in [7, 11) is 0. The third kappa shape index (κ3) is 3.44. The summed E-state index contributed by atoms with van der Waals surface area (Å²) in [4.78, 5) is 56.7. The van der Waals surface area contributed by atoms with Crippen LogP contribution in [0.15, 0.2) is 12.2 Å². The van der Waals surface area contributed by atoms with E-state index in [4.69, 9.17) is 10.2 Å². The molecule has 1 atom stereocenters. The van der Waals surface area contributed by atoms with E-state index < -0.39 is 48.1 Å². The zero-order valence-electron chi connectivity index (χ0n) is 10.8. The Kier molecular flexibility index (Phi) is 4.79. The normalized spacial score (nSPS) is 18.0. The smallest absolute Gasteiger partial charge is 0.334 e. The molecule has 1 fully saturated rings. The van der Waals surface area contributed by atoms with Crippen LogP contribution in [0.1, 0.15) is 25.7 Å². The molecule has 1 saturated heterocycles. The predicted octanol–water partition coefficient (Wildman–Crippen LogP) is -0.536. The van der Waals surface area contributed by atoms with Gasteiger partial charge in [0.15, 0.2) is 5.54 Å². The molecule has 0 bridgehead atoms. The van der Waals surface area contributed by atoms with Crippen LogP contribution in [0.25, 0.3) is 0 Å². The van der Waals surface area contributed by atoms with Crippen molar-refractivity contribution in [3.63, 3.8) is 0 Å². The van der Waals surface area contributed by atoms with Crippen molar-refractivity contribution in [3.05, 3.63) is 12.2 Å². The lowest BCUT2D eigenvalue weighted by Gasteiger charge is -2.33. The van der Waals surface area contributed by atoms with Crippen LogP contribution in [0.4, 0.5) is 0 Å². The fourth-order valence-electron chi connectivity index (χ4n) is 2.07. The van der Waals surface area contributed by atoms with Gasteiger partial charge >= 0.3 is 17.9 Å². The Labute approximate surface area is 118 Å². The van der Waals surface area contributed by atoms with E-state index in [1.54, 1.807) is 0 Å². The summed E-state index contributed by atoms with van der Waals surface area (Å²) in [5.74, 6) is -6.02. The molecule has 3 N–H and O–H groups in total. The van der Waals surface area contributed by atoms with Gasteiger partial charge in [-0.1, -0.05) is 0 Å². The predicted molar refractivity (Wildman–Crippen MR) is 65.1 cm³/mol. The van der Waals surface area contributed by atoms with Crippen LogP contribution in [0.3, 0.4) is 0 Å². The standard InChI is InChI=1S/C12H13NO8/c14-7-1-2-8(15)13(7)12(11(20)21,5-3-9(16)17)6-4-10(18)19/h3,5H,1-2,4,6H2,(H,16,17)(H,18,19)(H,20,21). The molecule has 1 aliphatic heterocycles. The second-order valence-corrected chi connectivity index (χ2v) is 4.42. The van der Waals surface area contributed by atoms with Gasteiger partial charge in [-0.3, -0.25) is 19.3 Å².